The molecule has 1 saturated heterocycles. The summed E-state index contributed by atoms with van der Waals surface area (Å²) in [4.78, 5) is 6.62. The molecule has 168 valence electrons. The van der Waals surface area contributed by atoms with Gasteiger partial charge in [0.05, 0.1) is 6.54 Å². The molecule has 3 N–H and O–H groups in total. The number of guanidine groups is 1. The van der Waals surface area contributed by atoms with Crippen molar-refractivity contribution in [3.63, 3.8) is 0 Å². The van der Waals surface area contributed by atoms with Crippen molar-refractivity contribution in [1.82, 2.24) is 15.5 Å². The third-order valence-corrected chi connectivity index (χ3v) is 5.35. The Bertz CT molecular complexity index is 885. The molecule has 0 spiro atoms. The van der Waals surface area contributed by atoms with E-state index in [1.54, 1.807) is 24.3 Å². The van der Waals surface area contributed by atoms with E-state index >= 15 is 0 Å². The number of rotatable bonds is 7. The van der Waals surface area contributed by atoms with Gasteiger partial charge in [-0.05, 0) is 43.5 Å². The number of aliphatic imine (C=N–C) groups is 1. The molecule has 0 saturated carbocycles. The molecule has 3 rings (SSSR count). The zero-order valence-corrected chi connectivity index (χ0v) is 17.6. The first-order chi connectivity index (χ1) is 15.0. The summed E-state index contributed by atoms with van der Waals surface area (Å²) < 4.78 is 40.3. The van der Waals surface area contributed by atoms with Crippen molar-refractivity contribution in [3.8, 4) is 0 Å². The standard InChI is InChI=1S/C23H29F3N4O/c1-2-27-23(28-14-22(31)18-5-3-4-6-19(18)24)29-17-9-11-30(12-10-17)15-16-7-8-20(25)21(26)13-16/h3-8,13,17,22,31H,2,9-12,14-15H2,1H3,(H2,27,28,29). The fourth-order valence-corrected chi connectivity index (χ4v) is 3.67. The molecule has 31 heavy (non-hydrogen) atoms. The van der Waals surface area contributed by atoms with Crippen LogP contribution < -0.4 is 10.6 Å². The van der Waals surface area contributed by atoms with Gasteiger partial charge in [0.1, 0.15) is 11.9 Å². The maximum atomic E-state index is 13.8. The summed E-state index contributed by atoms with van der Waals surface area (Å²) in [6.07, 6.45) is 0.711. The number of halogens is 3. The molecule has 1 heterocycles. The zero-order valence-electron chi connectivity index (χ0n) is 17.6. The second kappa shape index (κ2) is 11.2. The smallest absolute Gasteiger partial charge is 0.191 e. The molecule has 5 nitrogen and oxygen atoms in total. The Labute approximate surface area is 181 Å². The quantitative estimate of drug-likeness (QED) is 0.462. The van der Waals surface area contributed by atoms with E-state index in [1.807, 2.05) is 6.92 Å². The zero-order chi connectivity index (χ0) is 22.2. The minimum atomic E-state index is -1.02. The summed E-state index contributed by atoms with van der Waals surface area (Å²) in [6, 6.07) is 10.4. The predicted molar refractivity (Wildman–Crippen MR) is 115 cm³/mol. The van der Waals surface area contributed by atoms with Crippen LogP contribution in [0.15, 0.2) is 47.5 Å². The summed E-state index contributed by atoms with van der Waals surface area (Å²) >= 11 is 0. The molecule has 2 aromatic carbocycles. The van der Waals surface area contributed by atoms with Crippen LogP contribution in [0.3, 0.4) is 0 Å². The topological polar surface area (TPSA) is 59.9 Å². The van der Waals surface area contributed by atoms with Crippen LogP contribution in [0.25, 0.3) is 0 Å². The normalized spacial score (nSPS) is 16.9. The number of aliphatic hydroxyl groups is 1. The van der Waals surface area contributed by atoms with Crippen LogP contribution >= 0.6 is 0 Å². The summed E-state index contributed by atoms with van der Waals surface area (Å²) in [5, 5.41) is 16.8. The lowest BCUT2D eigenvalue weighted by molar-refractivity contribution is 0.181. The third-order valence-electron chi connectivity index (χ3n) is 5.35. The number of nitrogens with zero attached hydrogens (tertiary/aromatic N) is 2. The minimum absolute atomic E-state index is 0.0469. The molecule has 0 bridgehead atoms. The first kappa shape index (κ1) is 23.1. The Morgan fingerprint density at radius 3 is 2.52 bits per heavy atom. The van der Waals surface area contributed by atoms with Crippen LogP contribution in [0, 0.1) is 17.5 Å². The van der Waals surface area contributed by atoms with Crippen LogP contribution in [0.1, 0.15) is 37.0 Å². The number of nitrogens with one attached hydrogen (secondary N) is 2. The Hall–Kier alpha value is -2.58. The van der Waals surface area contributed by atoms with E-state index in [2.05, 4.69) is 20.5 Å². The monoisotopic (exact) mass is 434 g/mol. The van der Waals surface area contributed by atoms with Crippen LogP contribution in [-0.4, -0.2) is 48.2 Å². The molecule has 0 radical (unpaired) electrons. The van der Waals surface area contributed by atoms with E-state index in [0.717, 1.165) is 37.6 Å². The van der Waals surface area contributed by atoms with E-state index < -0.39 is 23.6 Å². The molecule has 2 aromatic rings. The lowest BCUT2D eigenvalue weighted by Crippen LogP contribution is -2.48. The van der Waals surface area contributed by atoms with Gasteiger partial charge >= 0.3 is 0 Å². The summed E-state index contributed by atoms with van der Waals surface area (Å²) in [5.74, 6) is -1.52. The molecule has 1 aliphatic heterocycles. The first-order valence-electron chi connectivity index (χ1n) is 10.6. The molecular weight excluding hydrogens is 405 g/mol. The average Bonchev–Trinajstić information content (AvgIpc) is 2.76. The summed E-state index contributed by atoms with van der Waals surface area (Å²) in [6.45, 7) is 4.87. The maximum Gasteiger partial charge on any atom is 0.191 e. The molecular formula is C23H29F3N4O. The van der Waals surface area contributed by atoms with Gasteiger partial charge in [-0.15, -0.1) is 0 Å². The molecule has 1 unspecified atom stereocenters. The largest absolute Gasteiger partial charge is 0.386 e. The van der Waals surface area contributed by atoms with Gasteiger partial charge in [0.15, 0.2) is 17.6 Å². The fraction of sp³-hybridized carbons (Fsp3) is 0.435. The fourth-order valence-electron chi connectivity index (χ4n) is 3.67. The second-order valence-corrected chi connectivity index (χ2v) is 7.70. The van der Waals surface area contributed by atoms with Crippen LogP contribution in [-0.2, 0) is 6.54 Å². The number of piperidine rings is 1. The van der Waals surface area contributed by atoms with Gasteiger partial charge in [0.25, 0.3) is 0 Å². The van der Waals surface area contributed by atoms with E-state index in [4.69, 9.17) is 0 Å². The van der Waals surface area contributed by atoms with E-state index in [-0.39, 0.29) is 18.2 Å². The summed E-state index contributed by atoms with van der Waals surface area (Å²) in [7, 11) is 0. The highest BCUT2D eigenvalue weighted by Crippen LogP contribution is 2.18. The number of likely N-dealkylation sites (tertiary alicyclic amines) is 1. The Morgan fingerprint density at radius 2 is 1.84 bits per heavy atom. The average molecular weight is 435 g/mol. The van der Waals surface area contributed by atoms with Gasteiger partial charge in [-0.3, -0.25) is 9.89 Å². The second-order valence-electron chi connectivity index (χ2n) is 7.70. The highest BCUT2D eigenvalue weighted by molar-refractivity contribution is 5.80. The Balaban J connectivity index is 1.51. The predicted octanol–water partition coefficient (Wildman–Crippen LogP) is 3.36. The van der Waals surface area contributed by atoms with Gasteiger partial charge in [-0.2, -0.15) is 0 Å². The van der Waals surface area contributed by atoms with E-state index in [0.29, 0.717) is 19.0 Å². The van der Waals surface area contributed by atoms with Crippen LogP contribution in [0.4, 0.5) is 13.2 Å². The highest BCUT2D eigenvalue weighted by Gasteiger charge is 2.21. The van der Waals surface area contributed by atoms with Gasteiger partial charge < -0.3 is 15.7 Å². The molecule has 0 aliphatic carbocycles. The number of aliphatic hydroxyl groups excluding tert-OH is 1. The molecule has 1 atom stereocenters. The minimum Gasteiger partial charge on any atom is -0.386 e. The van der Waals surface area contributed by atoms with E-state index in [9.17, 15) is 18.3 Å². The van der Waals surface area contributed by atoms with Crippen molar-refractivity contribution in [2.24, 2.45) is 4.99 Å². The van der Waals surface area contributed by atoms with E-state index in [1.165, 1.54) is 12.1 Å². The van der Waals surface area contributed by atoms with Crippen LogP contribution in [0.5, 0.6) is 0 Å². The van der Waals surface area contributed by atoms with Gasteiger partial charge in [-0.1, -0.05) is 24.3 Å². The molecule has 0 amide bonds. The third kappa shape index (κ3) is 6.70. The van der Waals surface area contributed by atoms with Gasteiger partial charge in [0.2, 0.25) is 0 Å². The van der Waals surface area contributed by atoms with Crippen molar-refractivity contribution in [3.05, 3.63) is 71.0 Å². The molecule has 8 heteroatoms. The number of hydrogen-bond acceptors (Lipinski definition) is 3. The Morgan fingerprint density at radius 1 is 1.10 bits per heavy atom. The lowest BCUT2D eigenvalue weighted by atomic mass is 10.0. The van der Waals surface area contributed by atoms with Gasteiger partial charge in [0, 0.05) is 37.8 Å². The van der Waals surface area contributed by atoms with Crippen molar-refractivity contribution in [2.75, 3.05) is 26.2 Å². The first-order valence-corrected chi connectivity index (χ1v) is 10.6. The Kier molecular flexibility index (Phi) is 8.31. The van der Waals surface area contributed by atoms with Crippen molar-refractivity contribution < 1.29 is 18.3 Å². The molecule has 1 aliphatic rings. The van der Waals surface area contributed by atoms with Gasteiger partial charge in [-0.25, -0.2) is 13.2 Å². The highest BCUT2D eigenvalue weighted by atomic mass is 19.2. The van der Waals surface area contributed by atoms with Crippen LogP contribution in [0.2, 0.25) is 0 Å². The lowest BCUT2D eigenvalue weighted by Gasteiger charge is -2.33. The van der Waals surface area contributed by atoms with Crippen molar-refractivity contribution in [1.29, 1.82) is 0 Å². The molecule has 0 aromatic heterocycles. The number of benzene rings is 2. The summed E-state index contributed by atoms with van der Waals surface area (Å²) in [5.41, 5.74) is 0.981. The van der Waals surface area contributed by atoms with Crippen molar-refractivity contribution in [2.45, 2.75) is 38.5 Å². The number of hydrogen-bond donors (Lipinski definition) is 3. The SMILES string of the molecule is CCNC(=NCC(O)c1ccccc1F)NC1CCN(Cc2ccc(F)c(F)c2)CC1. The maximum absolute atomic E-state index is 13.8. The molecule has 1 fully saturated rings. The van der Waals surface area contributed by atoms with Crippen molar-refractivity contribution >= 4 is 5.96 Å².